The van der Waals surface area contributed by atoms with Crippen LogP contribution < -0.4 is 4.90 Å². The van der Waals surface area contributed by atoms with E-state index in [2.05, 4.69) is 9.88 Å². The van der Waals surface area contributed by atoms with E-state index in [9.17, 15) is 9.90 Å². The van der Waals surface area contributed by atoms with E-state index in [1.807, 2.05) is 34.6 Å². The van der Waals surface area contributed by atoms with Crippen molar-refractivity contribution >= 4 is 22.4 Å². The first-order chi connectivity index (χ1) is 9.19. The van der Waals surface area contributed by atoms with Crippen molar-refractivity contribution < 1.29 is 14.6 Å². The highest BCUT2D eigenvalue weighted by Gasteiger charge is 2.33. The maximum Gasteiger partial charge on any atom is 0.347 e. The zero-order chi connectivity index (χ0) is 15.1. The van der Waals surface area contributed by atoms with Crippen LogP contribution in [0.3, 0.4) is 0 Å². The number of thiazole rings is 1. The van der Waals surface area contributed by atoms with E-state index in [1.165, 1.54) is 11.3 Å². The molecule has 1 atom stereocenters. The number of nitrogens with zero attached hydrogens (tertiary/aromatic N) is 2. The second kappa shape index (κ2) is 5.33. The topological polar surface area (TPSA) is 62.7 Å². The van der Waals surface area contributed by atoms with Crippen molar-refractivity contribution in [2.45, 2.75) is 52.2 Å². The Kier molecular flexibility index (Phi) is 4.07. The average molecular weight is 298 g/mol. The normalized spacial score (nSPS) is 22.3. The van der Waals surface area contributed by atoms with Gasteiger partial charge in [-0.05, 0) is 26.7 Å². The molecule has 1 unspecified atom stereocenters. The van der Waals surface area contributed by atoms with Gasteiger partial charge in [0, 0.05) is 13.1 Å². The molecule has 0 aromatic carbocycles. The highest BCUT2D eigenvalue weighted by atomic mass is 32.1. The Morgan fingerprint density at radius 1 is 1.55 bits per heavy atom. The predicted molar refractivity (Wildman–Crippen MR) is 80.0 cm³/mol. The van der Waals surface area contributed by atoms with Gasteiger partial charge in [0.1, 0.15) is 4.88 Å². The maximum absolute atomic E-state index is 11.3. The van der Waals surface area contributed by atoms with Crippen LogP contribution in [0.25, 0.3) is 0 Å². The Labute approximate surface area is 123 Å². The summed E-state index contributed by atoms with van der Waals surface area (Å²) in [5.74, 6) is -0.782. The molecule has 6 heteroatoms. The van der Waals surface area contributed by atoms with E-state index in [1.54, 1.807) is 0 Å². The van der Waals surface area contributed by atoms with Crippen LogP contribution in [0.1, 0.15) is 55.9 Å². The lowest BCUT2D eigenvalue weighted by Crippen LogP contribution is -2.52. The van der Waals surface area contributed by atoms with Crippen molar-refractivity contribution in [2.75, 3.05) is 18.0 Å². The van der Waals surface area contributed by atoms with Crippen LogP contribution in [-0.2, 0) is 4.74 Å². The summed E-state index contributed by atoms with van der Waals surface area (Å²) in [7, 11) is 0. The fourth-order valence-corrected chi connectivity index (χ4v) is 3.67. The first-order valence-electron chi connectivity index (χ1n) is 6.86. The Balaban J connectivity index is 2.33. The number of rotatable bonds is 3. The first-order valence-corrected chi connectivity index (χ1v) is 7.68. The smallest absolute Gasteiger partial charge is 0.347 e. The minimum atomic E-state index is -0.891. The molecule has 0 saturated carbocycles. The quantitative estimate of drug-likeness (QED) is 0.929. The second-order valence-electron chi connectivity index (χ2n) is 6.24. The van der Waals surface area contributed by atoms with Crippen molar-refractivity contribution in [2.24, 2.45) is 0 Å². The summed E-state index contributed by atoms with van der Waals surface area (Å²) in [6.07, 6.45) is 0.110. The third-order valence-corrected chi connectivity index (χ3v) is 4.34. The van der Waals surface area contributed by atoms with Crippen molar-refractivity contribution in [1.82, 2.24) is 4.98 Å². The molecule has 5 nitrogen and oxygen atoms in total. The van der Waals surface area contributed by atoms with E-state index in [-0.39, 0.29) is 17.6 Å². The zero-order valence-electron chi connectivity index (χ0n) is 12.6. The Hall–Kier alpha value is -1.14. The zero-order valence-corrected chi connectivity index (χ0v) is 13.5. The third-order valence-electron chi connectivity index (χ3n) is 3.22. The number of morpholine rings is 1. The van der Waals surface area contributed by atoms with Crippen molar-refractivity contribution in [3.63, 3.8) is 0 Å². The van der Waals surface area contributed by atoms with E-state index < -0.39 is 5.97 Å². The van der Waals surface area contributed by atoms with Gasteiger partial charge in [-0.3, -0.25) is 0 Å². The van der Waals surface area contributed by atoms with E-state index in [0.29, 0.717) is 10.6 Å². The number of carbonyl (C=O) groups is 1. The molecule has 20 heavy (non-hydrogen) atoms. The summed E-state index contributed by atoms with van der Waals surface area (Å²) in [4.78, 5) is 18.4. The fraction of sp³-hybridized carbons (Fsp3) is 0.714. The molecule has 0 spiro atoms. The highest BCUT2D eigenvalue weighted by Crippen LogP contribution is 2.33. The monoisotopic (exact) mass is 298 g/mol. The summed E-state index contributed by atoms with van der Waals surface area (Å²) in [6, 6.07) is 0. The molecular weight excluding hydrogens is 276 g/mol. The van der Waals surface area contributed by atoms with Crippen molar-refractivity contribution in [1.29, 1.82) is 0 Å². The second-order valence-corrected chi connectivity index (χ2v) is 7.22. The molecule has 1 aliphatic heterocycles. The van der Waals surface area contributed by atoms with Crippen LogP contribution in [0.5, 0.6) is 0 Å². The minimum absolute atomic E-state index is 0.109. The van der Waals surface area contributed by atoms with Crippen LogP contribution >= 0.6 is 11.3 Å². The van der Waals surface area contributed by atoms with E-state index in [4.69, 9.17) is 4.74 Å². The molecule has 0 aliphatic carbocycles. The standard InChI is InChI=1S/C14H22N2O3S/c1-8(2)10-11(12(17)18)20-13(15-10)16-6-9(3)19-14(4,5)7-16/h8-9H,6-7H2,1-5H3,(H,17,18). The van der Waals surface area contributed by atoms with Crippen LogP contribution in [-0.4, -0.2) is 40.9 Å². The number of anilines is 1. The van der Waals surface area contributed by atoms with Gasteiger partial charge in [-0.2, -0.15) is 0 Å². The van der Waals surface area contributed by atoms with Crippen LogP contribution in [0.15, 0.2) is 0 Å². The molecule has 0 radical (unpaired) electrons. The van der Waals surface area contributed by atoms with Crippen LogP contribution in [0.2, 0.25) is 0 Å². The molecule has 0 bridgehead atoms. The maximum atomic E-state index is 11.3. The summed E-state index contributed by atoms with van der Waals surface area (Å²) in [5.41, 5.74) is 0.430. The van der Waals surface area contributed by atoms with Gasteiger partial charge in [0.15, 0.2) is 5.13 Å². The Morgan fingerprint density at radius 2 is 2.20 bits per heavy atom. The van der Waals surface area contributed by atoms with Gasteiger partial charge in [-0.15, -0.1) is 0 Å². The van der Waals surface area contributed by atoms with Crippen LogP contribution in [0.4, 0.5) is 5.13 Å². The van der Waals surface area contributed by atoms with E-state index in [0.717, 1.165) is 18.2 Å². The summed E-state index contributed by atoms with van der Waals surface area (Å²) >= 11 is 1.26. The average Bonchev–Trinajstić information content (AvgIpc) is 2.70. The van der Waals surface area contributed by atoms with E-state index >= 15 is 0 Å². The molecule has 2 heterocycles. The molecule has 1 aliphatic rings. The summed E-state index contributed by atoms with van der Waals surface area (Å²) < 4.78 is 5.88. The largest absolute Gasteiger partial charge is 0.477 e. The predicted octanol–water partition coefficient (Wildman–Crippen LogP) is 2.97. The molecular formula is C14H22N2O3S. The van der Waals surface area contributed by atoms with Crippen LogP contribution in [0, 0.1) is 0 Å². The number of aromatic carboxylic acids is 1. The van der Waals surface area contributed by atoms with Crippen molar-refractivity contribution in [3.8, 4) is 0 Å². The molecule has 2 rings (SSSR count). The van der Waals surface area contributed by atoms with Gasteiger partial charge >= 0.3 is 5.97 Å². The number of hydrogen-bond donors (Lipinski definition) is 1. The molecule has 112 valence electrons. The Morgan fingerprint density at radius 3 is 2.65 bits per heavy atom. The number of carboxylic acids is 1. The van der Waals surface area contributed by atoms with Gasteiger partial charge in [-0.1, -0.05) is 25.2 Å². The van der Waals surface area contributed by atoms with Gasteiger partial charge < -0.3 is 14.7 Å². The number of carboxylic acid groups (broad SMARTS) is 1. The van der Waals surface area contributed by atoms with Gasteiger partial charge in [0.05, 0.1) is 17.4 Å². The lowest BCUT2D eigenvalue weighted by atomic mass is 10.1. The molecule has 1 N–H and O–H groups in total. The fourth-order valence-electron chi connectivity index (χ4n) is 2.60. The Bertz CT molecular complexity index is 511. The molecule has 1 aromatic rings. The third kappa shape index (κ3) is 3.12. The number of hydrogen-bond acceptors (Lipinski definition) is 5. The summed E-state index contributed by atoms with van der Waals surface area (Å²) in [5, 5.41) is 10.1. The number of ether oxygens (including phenoxy) is 1. The SMILES string of the molecule is CC1CN(c2nc(C(C)C)c(C(=O)O)s2)CC(C)(C)O1. The molecule has 1 saturated heterocycles. The minimum Gasteiger partial charge on any atom is -0.477 e. The highest BCUT2D eigenvalue weighted by molar-refractivity contribution is 7.17. The first kappa shape index (κ1) is 15.3. The molecule has 1 fully saturated rings. The van der Waals surface area contributed by atoms with Crippen molar-refractivity contribution in [3.05, 3.63) is 10.6 Å². The number of aromatic nitrogens is 1. The lowest BCUT2D eigenvalue weighted by molar-refractivity contribution is -0.0749. The molecule has 1 aromatic heterocycles. The molecule has 0 amide bonds. The van der Waals surface area contributed by atoms with Gasteiger partial charge in [-0.25, -0.2) is 9.78 Å². The lowest BCUT2D eigenvalue weighted by Gasteiger charge is -2.41. The van der Waals surface area contributed by atoms with Gasteiger partial charge in [0.2, 0.25) is 0 Å². The summed E-state index contributed by atoms with van der Waals surface area (Å²) in [6.45, 7) is 11.5. The van der Waals surface area contributed by atoms with Gasteiger partial charge in [0.25, 0.3) is 0 Å².